The average Bonchev–Trinajstić information content (AvgIpc) is 3.04. The van der Waals surface area contributed by atoms with Crippen molar-refractivity contribution in [1.29, 1.82) is 0 Å². The van der Waals surface area contributed by atoms with Crippen LogP contribution in [0.25, 0.3) is 0 Å². The first kappa shape index (κ1) is 41.7. The van der Waals surface area contributed by atoms with Crippen molar-refractivity contribution in [1.82, 2.24) is 4.90 Å². The van der Waals surface area contributed by atoms with Crippen LogP contribution < -0.4 is 35.7 Å². The van der Waals surface area contributed by atoms with Crippen LogP contribution in [0.1, 0.15) is 58.6 Å². The Morgan fingerprint density at radius 2 is 1.15 bits per heavy atom. The molecule has 2 N–H and O–H groups in total. The summed E-state index contributed by atoms with van der Waals surface area (Å²) in [6, 6.07) is 37.0. The summed E-state index contributed by atoms with van der Waals surface area (Å²) in [7, 11) is 5.79. The molecule has 254 valence electrons. The summed E-state index contributed by atoms with van der Waals surface area (Å²) in [6.45, 7) is 15.9. The monoisotopic (exact) mass is 675 g/mol. The molecule has 0 radical (unpaired) electrons. The Morgan fingerprint density at radius 1 is 0.708 bits per heavy atom. The fraction of sp³-hybridized carbons (Fsp3) is 0.405. The van der Waals surface area contributed by atoms with Gasteiger partial charge in [-0.2, -0.15) is 13.8 Å². The molecule has 1 unspecified atom stereocenters. The second kappa shape index (κ2) is 20.3. The minimum atomic E-state index is -2.95. The summed E-state index contributed by atoms with van der Waals surface area (Å²) in [4.78, 5) is 5.25. The van der Waals surface area contributed by atoms with E-state index in [0.717, 1.165) is 56.3 Å². The molecule has 6 heteroatoms. The summed E-state index contributed by atoms with van der Waals surface area (Å²) < 4.78 is 0. The van der Waals surface area contributed by atoms with Crippen LogP contribution in [-0.2, 0) is 12.0 Å². The Bertz CT molecular complexity index is 1350. The number of hydrogen-bond acceptors (Lipinski definition) is 2. The van der Waals surface area contributed by atoms with Crippen LogP contribution in [0.3, 0.4) is 0 Å². The minimum absolute atomic E-state index is 0. The number of benzene rings is 4. The van der Waals surface area contributed by atoms with E-state index in [9.17, 15) is 0 Å². The standard InChI is InChI=1S/C39H53N3OSi.C3H7.Mg/c1-39(2,3)33-29-32(31-42(27-17-25-40(4)5)28-18-26-41(6)7)38(43)37(30-33)44(34-19-11-8-12-20-34,35-21-13-9-14-22-35)36-23-15-10-16-24-36;1-3-2;/h8-16,19-24,29-30,43H,17-18,25-28,31H2,1-7H3;3H,1-2H3;/q;-1;+2/p+1. The maximum Gasteiger partial charge on any atom is 2.00 e. The number of hydrogen-bond donors (Lipinski definition) is 2. The van der Waals surface area contributed by atoms with E-state index in [1.165, 1.54) is 30.9 Å². The summed E-state index contributed by atoms with van der Waals surface area (Å²) >= 11 is 0. The van der Waals surface area contributed by atoms with Gasteiger partial charge in [-0.1, -0.05) is 135 Å². The Kier molecular flexibility index (Phi) is 17.6. The van der Waals surface area contributed by atoms with Crippen molar-refractivity contribution in [2.24, 2.45) is 0 Å². The van der Waals surface area contributed by atoms with E-state index in [1.807, 2.05) is 20.3 Å². The molecule has 0 aliphatic heterocycles. The van der Waals surface area contributed by atoms with Gasteiger partial charge in [0.2, 0.25) is 0 Å². The van der Waals surface area contributed by atoms with E-state index in [0.29, 0.717) is 0 Å². The zero-order valence-electron chi connectivity index (χ0n) is 31.4. The van der Waals surface area contributed by atoms with E-state index >= 15 is 5.11 Å². The molecule has 0 fully saturated rings. The van der Waals surface area contributed by atoms with Gasteiger partial charge in [-0.05, 0) is 46.2 Å². The first-order valence-corrected chi connectivity index (χ1v) is 19.5. The molecule has 4 aromatic carbocycles. The molecule has 4 aromatic rings. The van der Waals surface area contributed by atoms with E-state index < -0.39 is 8.07 Å². The molecule has 0 spiro atoms. The summed E-state index contributed by atoms with van der Waals surface area (Å²) in [5.74, 6) is 0.226. The van der Waals surface area contributed by atoms with Gasteiger partial charge in [0.15, 0.2) is 8.07 Å². The normalized spacial score (nSPS) is 12.3. The van der Waals surface area contributed by atoms with Gasteiger partial charge in [-0.15, -0.1) is 0 Å². The molecule has 0 aromatic heterocycles. The molecule has 0 aliphatic rings. The van der Waals surface area contributed by atoms with E-state index in [1.54, 1.807) is 0 Å². The molecule has 0 saturated carbocycles. The SMILES string of the molecule is CN(C)CCC[NH+](CCC[NH+](C)C)Cc1cc(C(C)(C)C)cc([Si](c2ccccc2)(c2ccccc2)c2ccccc2)c1[O-].C[CH-]C.[Mg+2]. The zero-order chi connectivity index (χ0) is 34.5. The summed E-state index contributed by atoms with van der Waals surface area (Å²) in [6.07, 6.45) is 4.27. The van der Waals surface area contributed by atoms with Crippen molar-refractivity contribution in [3.63, 3.8) is 0 Å². The Morgan fingerprint density at radius 3 is 1.54 bits per heavy atom. The van der Waals surface area contributed by atoms with Gasteiger partial charge in [-0.25, -0.2) is 0 Å². The molecule has 0 amide bonds. The maximum absolute atomic E-state index is 15.1. The Hall–Kier alpha value is -2.46. The Labute approximate surface area is 310 Å². The van der Waals surface area contributed by atoms with Crippen molar-refractivity contribution in [3.8, 4) is 5.75 Å². The van der Waals surface area contributed by atoms with E-state index in [4.69, 9.17) is 0 Å². The maximum atomic E-state index is 15.1. The zero-order valence-corrected chi connectivity index (χ0v) is 33.8. The van der Waals surface area contributed by atoms with Crippen molar-refractivity contribution in [2.45, 2.75) is 59.4 Å². The number of nitrogens with zero attached hydrogens (tertiary/aromatic N) is 1. The first-order valence-electron chi connectivity index (χ1n) is 17.5. The second-order valence-electron chi connectivity index (χ2n) is 14.6. The number of nitrogens with one attached hydrogen (secondary N) is 2. The number of rotatable bonds is 14. The van der Waals surface area contributed by atoms with Crippen molar-refractivity contribution in [2.75, 3.05) is 54.4 Å². The fourth-order valence-corrected chi connectivity index (χ4v) is 11.4. The van der Waals surface area contributed by atoms with Crippen molar-refractivity contribution >= 4 is 51.9 Å². The quantitative estimate of drug-likeness (QED) is 0.122. The second-order valence-corrected chi connectivity index (χ2v) is 18.4. The predicted molar refractivity (Wildman–Crippen MR) is 209 cm³/mol. The van der Waals surface area contributed by atoms with E-state index in [2.05, 4.69) is 157 Å². The van der Waals surface area contributed by atoms with Crippen molar-refractivity contribution < 1.29 is 14.9 Å². The minimum Gasteiger partial charge on any atom is -0.872 e. The topological polar surface area (TPSA) is 35.2 Å². The molecule has 0 heterocycles. The summed E-state index contributed by atoms with van der Waals surface area (Å²) in [5.41, 5.74) is 2.11. The molecular formula is C42H61MgN3OSi+2. The molecule has 1 atom stereocenters. The van der Waals surface area contributed by atoms with Crippen LogP contribution in [0.5, 0.6) is 5.75 Å². The van der Waals surface area contributed by atoms with Gasteiger partial charge < -0.3 is 26.2 Å². The smallest absolute Gasteiger partial charge is 0.872 e. The van der Waals surface area contributed by atoms with Crippen LogP contribution >= 0.6 is 0 Å². The average molecular weight is 676 g/mol. The molecule has 0 aliphatic carbocycles. The third-order valence-electron chi connectivity index (χ3n) is 8.84. The van der Waals surface area contributed by atoms with Gasteiger partial charge in [-0.3, -0.25) is 0 Å². The molecule has 48 heavy (non-hydrogen) atoms. The van der Waals surface area contributed by atoms with Gasteiger partial charge >= 0.3 is 23.1 Å². The van der Waals surface area contributed by atoms with Crippen LogP contribution in [0, 0.1) is 6.42 Å². The molecule has 0 saturated heterocycles. The van der Waals surface area contributed by atoms with Gasteiger partial charge in [0.25, 0.3) is 0 Å². The van der Waals surface area contributed by atoms with Gasteiger partial charge in [0.1, 0.15) is 6.54 Å². The third-order valence-corrected chi connectivity index (χ3v) is 13.6. The molecule has 4 nitrogen and oxygen atoms in total. The Balaban J connectivity index is 0.00000193. The van der Waals surface area contributed by atoms with Crippen LogP contribution in [0.4, 0.5) is 0 Å². The predicted octanol–water partition coefficient (Wildman–Crippen LogP) is 2.16. The van der Waals surface area contributed by atoms with E-state index in [-0.39, 0.29) is 34.2 Å². The number of quaternary nitrogens is 2. The van der Waals surface area contributed by atoms with Gasteiger partial charge in [0, 0.05) is 19.4 Å². The van der Waals surface area contributed by atoms with Crippen LogP contribution in [0.15, 0.2) is 103 Å². The fourth-order valence-electron chi connectivity index (χ4n) is 6.47. The summed E-state index contributed by atoms with van der Waals surface area (Å²) in [5, 5.41) is 19.8. The molecular weight excluding hydrogens is 615 g/mol. The largest absolute Gasteiger partial charge is 2.00 e. The molecule has 4 rings (SSSR count). The van der Waals surface area contributed by atoms with Crippen molar-refractivity contribution in [3.05, 3.63) is 121 Å². The van der Waals surface area contributed by atoms with Gasteiger partial charge in [0.05, 0.1) is 33.7 Å². The third kappa shape index (κ3) is 11.3. The van der Waals surface area contributed by atoms with Crippen LogP contribution in [-0.4, -0.2) is 90.4 Å². The van der Waals surface area contributed by atoms with Crippen LogP contribution in [0.2, 0.25) is 0 Å². The molecule has 0 bridgehead atoms. The first-order chi connectivity index (χ1) is 22.4.